The highest BCUT2D eigenvalue weighted by Crippen LogP contribution is 2.65. The van der Waals surface area contributed by atoms with Gasteiger partial charge in [0.1, 0.15) is 0 Å². The highest BCUT2D eigenvalue weighted by molar-refractivity contribution is 5.95. The van der Waals surface area contributed by atoms with Crippen molar-refractivity contribution in [1.29, 1.82) is 0 Å². The molecule has 2 bridgehead atoms. The lowest BCUT2D eigenvalue weighted by molar-refractivity contribution is -0.173. The number of amides is 1. The second-order valence-electron chi connectivity index (χ2n) is 5.31. The van der Waals surface area contributed by atoms with Crippen molar-refractivity contribution in [3.8, 4) is 0 Å². The van der Waals surface area contributed by atoms with Gasteiger partial charge in [-0.1, -0.05) is 13.8 Å². The van der Waals surface area contributed by atoms with Gasteiger partial charge in [0.2, 0.25) is 0 Å². The summed E-state index contributed by atoms with van der Waals surface area (Å²) >= 11 is 0. The van der Waals surface area contributed by atoms with Crippen LogP contribution in [0.3, 0.4) is 0 Å². The minimum Gasteiger partial charge on any atom is -0.448 e. The molecule has 1 amide bonds. The van der Waals surface area contributed by atoms with E-state index in [-0.39, 0.29) is 11.9 Å². The van der Waals surface area contributed by atoms with Crippen molar-refractivity contribution in [2.24, 2.45) is 10.8 Å². The second kappa shape index (κ2) is 2.97. The van der Waals surface area contributed by atoms with Gasteiger partial charge in [-0.3, -0.25) is 14.4 Å². The van der Waals surface area contributed by atoms with E-state index in [2.05, 4.69) is 10.3 Å². The third-order valence-electron chi connectivity index (χ3n) is 4.65. The number of carbonyl (C=O) groups is 2. The molecule has 1 N–H and O–H groups in total. The van der Waals surface area contributed by atoms with Crippen LogP contribution in [-0.2, 0) is 19.2 Å². The van der Waals surface area contributed by atoms with E-state index in [1.807, 2.05) is 20.8 Å². The van der Waals surface area contributed by atoms with Crippen molar-refractivity contribution < 1.29 is 19.2 Å². The molecule has 0 radical (unpaired) electrons. The number of fused-ring (bicyclic) bond motifs is 2. The smallest absolute Gasteiger partial charge is 0.313 e. The molecule has 16 heavy (non-hydrogen) atoms. The number of esters is 1. The van der Waals surface area contributed by atoms with Crippen molar-refractivity contribution in [2.75, 3.05) is 7.11 Å². The molecule has 90 valence electrons. The van der Waals surface area contributed by atoms with E-state index in [4.69, 9.17) is 4.74 Å². The lowest BCUT2D eigenvalue weighted by Crippen LogP contribution is -2.53. The Morgan fingerprint density at radius 2 is 2.00 bits per heavy atom. The molecule has 2 rings (SSSR count). The Kier molecular flexibility index (Phi) is 2.11. The molecule has 1 heterocycles. The zero-order chi connectivity index (χ0) is 12.2. The van der Waals surface area contributed by atoms with Gasteiger partial charge in [-0.05, 0) is 19.8 Å². The summed E-state index contributed by atoms with van der Waals surface area (Å²) in [7, 11) is 1.37. The zero-order valence-electron chi connectivity index (χ0n) is 10.0. The van der Waals surface area contributed by atoms with E-state index in [1.165, 1.54) is 7.11 Å². The fraction of sp³-hybridized carbons (Fsp3) is 0.818. The number of hydrogen-bond acceptors (Lipinski definition) is 4. The van der Waals surface area contributed by atoms with Crippen molar-refractivity contribution in [2.45, 2.75) is 39.2 Å². The van der Waals surface area contributed by atoms with Gasteiger partial charge in [0, 0.05) is 5.41 Å². The molecule has 2 fully saturated rings. The fourth-order valence-corrected chi connectivity index (χ4v) is 2.92. The van der Waals surface area contributed by atoms with Crippen LogP contribution in [0.25, 0.3) is 0 Å². The summed E-state index contributed by atoms with van der Waals surface area (Å²) in [6.07, 6.45) is 1.23. The monoisotopic (exact) mass is 227 g/mol. The molecule has 0 unspecified atom stereocenters. The highest BCUT2D eigenvalue weighted by atomic mass is 16.6. The Bertz CT molecular complexity index is 365. The highest BCUT2D eigenvalue weighted by Gasteiger charge is 2.75. The van der Waals surface area contributed by atoms with Gasteiger partial charge < -0.3 is 4.74 Å². The first-order chi connectivity index (χ1) is 7.32. The van der Waals surface area contributed by atoms with E-state index in [0.29, 0.717) is 12.8 Å². The fourth-order valence-electron chi connectivity index (χ4n) is 2.92. The number of nitrogens with one attached hydrogen (secondary N) is 1. The van der Waals surface area contributed by atoms with Gasteiger partial charge in [0.15, 0.2) is 5.60 Å². The van der Waals surface area contributed by atoms with Crippen LogP contribution in [0.1, 0.15) is 33.6 Å². The standard InChI is InChI=1S/C11H17NO4/c1-9(2)10(3)5-6-11(9,16-8(10)14)7(13)12-15-4/h5-6H2,1-4H3,(H,12,13)/t10-,11-/m0/s1. The van der Waals surface area contributed by atoms with E-state index >= 15 is 0 Å². The molecule has 0 aromatic carbocycles. The molecule has 5 heteroatoms. The van der Waals surface area contributed by atoms with Crippen molar-refractivity contribution in [3.05, 3.63) is 0 Å². The number of hydroxylamine groups is 1. The van der Waals surface area contributed by atoms with Gasteiger partial charge in [-0.15, -0.1) is 0 Å². The molecular formula is C11H17NO4. The summed E-state index contributed by atoms with van der Waals surface area (Å²) in [4.78, 5) is 28.5. The molecule has 1 aliphatic carbocycles. The molecule has 0 spiro atoms. The first-order valence-electron chi connectivity index (χ1n) is 5.39. The lowest BCUT2D eigenvalue weighted by Gasteiger charge is -2.34. The largest absolute Gasteiger partial charge is 0.448 e. The maximum absolute atomic E-state index is 12.0. The Hall–Kier alpha value is -1.10. The number of rotatable bonds is 2. The van der Waals surface area contributed by atoms with Crippen molar-refractivity contribution in [3.63, 3.8) is 0 Å². The van der Waals surface area contributed by atoms with Crippen LogP contribution in [0.15, 0.2) is 0 Å². The number of hydrogen-bond donors (Lipinski definition) is 1. The quantitative estimate of drug-likeness (QED) is 0.559. The molecule has 0 aromatic rings. The Morgan fingerprint density at radius 1 is 1.38 bits per heavy atom. The van der Waals surface area contributed by atoms with Crippen LogP contribution in [-0.4, -0.2) is 24.6 Å². The Balaban J connectivity index is 2.44. The first kappa shape index (κ1) is 11.4. The molecule has 5 nitrogen and oxygen atoms in total. The maximum atomic E-state index is 12.0. The summed E-state index contributed by atoms with van der Waals surface area (Å²) in [6, 6.07) is 0. The second-order valence-corrected chi connectivity index (χ2v) is 5.31. The van der Waals surface area contributed by atoms with Gasteiger partial charge in [-0.25, -0.2) is 5.48 Å². The summed E-state index contributed by atoms with van der Waals surface area (Å²) in [5.74, 6) is -0.649. The van der Waals surface area contributed by atoms with Crippen molar-refractivity contribution >= 4 is 11.9 Å². The predicted molar refractivity (Wildman–Crippen MR) is 55.1 cm³/mol. The minimum atomic E-state index is -1.07. The molecule has 1 aliphatic heterocycles. The topological polar surface area (TPSA) is 64.6 Å². The average Bonchev–Trinajstić information content (AvgIpc) is 2.48. The summed E-state index contributed by atoms with van der Waals surface area (Å²) in [5, 5.41) is 0. The molecule has 2 atom stereocenters. The maximum Gasteiger partial charge on any atom is 0.313 e. The third-order valence-corrected chi connectivity index (χ3v) is 4.65. The van der Waals surface area contributed by atoms with Gasteiger partial charge in [0.25, 0.3) is 5.91 Å². The molecule has 1 saturated carbocycles. The predicted octanol–water partition coefficient (Wildman–Crippen LogP) is 0.786. The van der Waals surface area contributed by atoms with E-state index in [9.17, 15) is 9.59 Å². The van der Waals surface area contributed by atoms with Crippen LogP contribution in [0.4, 0.5) is 0 Å². The SMILES string of the molecule is CONC(=O)[C@]12CC[C@@](C)(C(=O)O1)C2(C)C. The van der Waals surface area contributed by atoms with Gasteiger partial charge in [-0.2, -0.15) is 0 Å². The normalized spacial score (nSPS) is 39.6. The van der Waals surface area contributed by atoms with Crippen LogP contribution in [0.5, 0.6) is 0 Å². The van der Waals surface area contributed by atoms with Crippen LogP contribution in [0.2, 0.25) is 0 Å². The number of ether oxygens (including phenoxy) is 1. The molecule has 1 saturated heterocycles. The summed E-state index contributed by atoms with van der Waals surface area (Å²) < 4.78 is 5.35. The Morgan fingerprint density at radius 3 is 2.38 bits per heavy atom. The Labute approximate surface area is 94.4 Å². The van der Waals surface area contributed by atoms with Crippen LogP contribution >= 0.6 is 0 Å². The van der Waals surface area contributed by atoms with E-state index < -0.39 is 16.4 Å². The van der Waals surface area contributed by atoms with Crippen molar-refractivity contribution in [1.82, 2.24) is 5.48 Å². The number of carbonyl (C=O) groups excluding carboxylic acids is 2. The molecule has 0 aromatic heterocycles. The van der Waals surface area contributed by atoms with E-state index in [1.54, 1.807) is 0 Å². The third kappa shape index (κ3) is 0.948. The lowest BCUT2D eigenvalue weighted by atomic mass is 9.66. The first-order valence-corrected chi connectivity index (χ1v) is 5.39. The summed E-state index contributed by atoms with van der Waals surface area (Å²) in [5.41, 5.74) is 0.123. The van der Waals surface area contributed by atoms with Crippen LogP contribution < -0.4 is 5.48 Å². The van der Waals surface area contributed by atoms with Gasteiger partial charge >= 0.3 is 5.97 Å². The average molecular weight is 227 g/mol. The molecular weight excluding hydrogens is 210 g/mol. The molecule has 2 aliphatic rings. The minimum absolute atomic E-state index is 0.282. The van der Waals surface area contributed by atoms with E-state index in [0.717, 1.165) is 0 Å². The zero-order valence-corrected chi connectivity index (χ0v) is 10.0. The van der Waals surface area contributed by atoms with Gasteiger partial charge in [0.05, 0.1) is 12.5 Å². The van der Waals surface area contributed by atoms with Crippen LogP contribution in [0, 0.1) is 10.8 Å². The summed E-state index contributed by atoms with van der Waals surface area (Å²) in [6.45, 7) is 5.67.